The van der Waals surface area contributed by atoms with Crippen LogP contribution < -0.4 is 30.4 Å². The van der Waals surface area contributed by atoms with Gasteiger partial charge in [0.05, 0.1) is 47.0 Å². The highest BCUT2D eigenvalue weighted by Crippen LogP contribution is 2.29. The Labute approximate surface area is 352 Å². The fraction of sp³-hybridized carbons (Fsp3) is 0.350. The number of ether oxygens (including phenoxy) is 3. The van der Waals surface area contributed by atoms with E-state index in [0.717, 1.165) is 0 Å². The SMILES string of the molecule is CC(C)NC(=O)COc1nc(-c2ccc(F)c(Cl)c2)cn2nc(OCCCO)cc12.CC(C)NC(=O)Cn1c(-c2ccc(F)c(Cl)c2)cn2nc(OCCCO)cc2c1=O. The summed E-state index contributed by atoms with van der Waals surface area (Å²) in [7, 11) is 0. The summed E-state index contributed by atoms with van der Waals surface area (Å²) in [5.41, 5.74) is 2.02. The van der Waals surface area contributed by atoms with E-state index in [0.29, 0.717) is 53.4 Å². The summed E-state index contributed by atoms with van der Waals surface area (Å²) >= 11 is 11.8. The molecule has 20 heteroatoms. The Morgan fingerprint density at radius 3 is 1.85 bits per heavy atom. The van der Waals surface area contributed by atoms with Crippen LogP contribution in [0.1, 0.15) is 40.5 Å². The monoisotopic (exact) mass is 872 g/mol. The average molecular weight is 874 g/mol. The lowest BCUT2D eigenvalue weighted by Gasteiger charge is -2.15. The van der Waals surface area contributed by atoms with Crippen molar-refractivity contribution in [2.75, 3.05) is 33.0 Å². The second-order valence-corrected chi connectivity index (χ2v) is 14.6. The van der Waals surface area contributed by atoms with E-state index in [-0.39, 0.29) is 84.2 Å². The number of aliphatic hydroxyl groups is 2. The second kappa shape index (κ2) is 20.9. The molecule has 0 radical (unpaired) electrons. The standard InChI is InChI=1S/2C20H22ClFN4O4/c1-12(2)23-18(28)11-30-20-17-9-19(29-7-3-6-27)25-26(17)10-16(24-20)13-4-5-15(22)14(21)8-13;1-12(2)23-18(28)11-25-17(13-4-5-15(22)14(21)8-13)10-26-16(20(25)29)9-19(24-26)30-7-3-6-27/h2*4-5,8-10,12,27H,3,6-7,11H2,1-2H3,(H,23,28). The third-order valence-electron chi connectivity index (χ3n) is 8.19. The molecule has 0 atom stereocenters. The summed E-state index contributed by atoms with van der Waals surface area (Å²) < 4.78 is 47.9. The van der Waals surface area contributed by atoms with Crippen LogP contribution in [0.15, 0.2) is 65.7 Å². The molecule has 0 bridgehead atoms. The molecular formula is C40H44Cl2F2N8O8. The summed E-state index contributed by atoms with van der Waals surface area (Å²) in [5.74, 6) is -1.07. The lowest BCUT2D eigenvalue weighted by molar-refractivity contribution is -0.124. The number of hydrogen-bond acceptors (Lipinski definition) is 11. The number of carbonyl (C=O) groups is 2. The summed E-state index contributed by atoms with van der Waals surface area (Å²) in [5, 5.41) is 31.7. The molecule has 0 aliphatic heterocycles. The maximum absolute atomic E-state index is 13.6. The smallest absolute Gasteiger partial charge is 0.277 e. The van der Waals surface area contributed by atoms with Gasteiger partial charge in [0.2, 0.25) is 23.5 Å². The highest BCUT2D eigenvalue weighted by molar-refractivity contribution is 6.31. The van der Waals surface area contributed by atoms with Crippen LogP contribution in [0.3, 0.4) is 0 Å². The van der Waals surface area contributed by atoms with Crippen molar-refractivity contribution in [3.63, 3.8) is 0 Å². The molecule has 0 aliphatic rings. The quantitative estimate of drug-likeness (QED) is 0.0892. The van der Waals surface area contributed by atoms with Crippen molar-refractivity contribution in [3.05, 3.63) is 93.0 Å². The normalized spacial score (nSPS) is 11.2. The molecule has 60 heavy (non-hydrogen) atoms. The van der Waals surface area contributed by atoms with Crippen LogP contribution in [-0.4, -0.2) is 95.9 Å². The fourth-order valence-electron chi connectivity index (χ4n) is 5.58. The van der Waals surface area contributed by atoms with Gasteiger partial charge in [-0.25, -0.2) is 22.8 Å². The van der Waals surface area contributed by atoms with Crippen LogP contribution in [0.2, 0.25) is 10.0 Å². The van der Waals surface area contributed by atoms with Crippen LogP contribution in [0.4, 0.5) is 8.78 Å². The molecule has 0 aliphatic carbocycles. The van der Waals surface area contributed by atoms with Crippen molar-refractivity contribution in [2.45, 2.75) is 59.2 Å². The van der Waals surface area contributed by atoms with Crippen LogP contribution in [0.25, 0.3) is 33.5 Å². The summed E-state index contributed by atoms with van der Waals surface area (Å²) in [6.45, 7) is 7.37. The first-order valence-corrected chi connectivity index (χ1v) is 19.6. The number of aromatic nitrogens is 6. The number of rotatable bonds is 17. The van der Waals surface area contributed by atoms with E-state index in [1.165, 1.54) is 56.1 Å². The van der Waals surface area contributed by atoms with Gasteiger partial charge < -0.3 is 35.1 Å². The third-order valence-corrected chi connectivity index (χ3v) is 8.77. The van der Waals surface area contributed by atoms with Gasteiger partial charge in [-0.05, 0) is 64.1 Å². The minimum atomic E-state index is -0.591. The molecule has 6 aromatic rings. The van der Waals surface area contributed by atoms with Crippen LogP contribution >= 0.6 is 23.2 Å². The first-order valence-electron chi connectivity index (χ1n) is 18.8. The zero-order valence-corrected chi connectivity index (χ0v) is 34.6. The maximum atomic E-state index is 13.6. The number of fused-ring (bicyclic) bond motifs is 2. The second-order valence-electron chi connectivity index (χ2n) is 13.8. The topological polar surface area (TPSA) is 196 Å². The Hall–Kier alpha value is -5.82. The Morgan fingerprint density at radius 2 is 1.28 bits per heavy atom. The molecule has 4 heterocycles. The summed E-state index contributed by atoms with van der Waals surface area (Å²) in [4.78, 5) is 42.0. The van der Waals surface area contributed by atoms with E-state index in [1.54, 1.807) is 18.5 Å². The highest BCUT2D eigenvalue weighted by Gasteiger charge is 2.19. The van der Waals surface area contributed by atoms with Crippen LogP contribution in [0, 0.1) is 11.6 Å². The molecule has 4 aromatic heterocycles. The van der Waals surface area contributed by atoms with Crippen molar-refractivity contribution < 1.29 is 42.8 Å². The molecular weight excluding hydrogens is 829 g/mol. The van der Waals surface area contributed by atoms with E-state index in [9.17, 15) is 23.2 Å². The summed E-state index contributed by atoms with van der Waals surface area (Å²) in [6, 6.07) is 11.3. The molecule has 6 rings (SSSR count). The number of carbonyl (C=O) groups excluding carboxylic acids is 2. The minimum Gasteiger partial charge on any atom is -0.476 e. The van der Waals surface area contributed by atoms with Crippen molar-refractivity contribution in [3.8, 4) is 40.2 Å². The molecule has 0 saturated heterocycles. The Bertz CT molecular complexity index is 2510. The number of nitrogens with zero attached hydrogens (tertiary/aromatic N) is 6. The van der Waals surface area contributed by atoms with Crippen molar-refractivity contribution >= 4 is 46.0 Å². The molecule has 0 spiro atoms. The van der Waals surface area contributed by atoms with Crippen molar-refractivity contribution in [2.24, 2.45) is 0 Å². The van der Waals surface area contributed by atoms with Gasteiger partial charge in [0.1, 0.15) is 29.2 Å². The van der Waals surface area contributed by atoms with Gasteiger partial charge in [0.25, 0.3) is 11.5 Å². The van der Waals surface area contributed by atoms with Gasteiger partial charge in [-0.3, -0.25) is 19.0 Å². The minimum absolute atomic E-state index is 0.00370. The number of benzene rings is 2. The highest BCUT2D eigenvalue weighted by atomic mass is 35.5. The van der Waals surface area contributed by atoms with E-state index < -0.39 is 17.2 Å². The molecule has 0 fully saturated rings. The zero-order valence-electron chi connectivity index (χ0n) is 33.1. The lowest BCUT2D eigenvalue weighted by Crippen LogP contribution is -2.37. The molecule has 320 valence electrons. The molecule has 2 aromatic carbocycles. The van der Waals surface area contributed by atoms with Crippen molar-refractivity contribution in [1.82, 2.24) is 39.4 Å². The van der Waals surface area contributed by atoms with Crippen LogP contribution in [-0.2, 0) is 16.1 Å². The Kier molecular flexibility index (Phi) is 15.8. The first kappa shape index (κ1) is 45.3. The molecule has 16 nitrogen and oxygen atoms in total. The van der Waals surface area contributed by atoms with Gasteiger partial charge in [-0.15, -0.1) is 10.2 Å². The number of aliphatic hydroxyl groups excluding tert-OH is 2. The number of amides is 2. The lowest BCUT2D eigenvalue weighted by atomic mass is 10.1. The zero-order chi connectivity index (χ0) is 43.5. The van der Waals surface area contributed by atoms with Crippen molar-refractivity contribution in [1.29, 1.82) is 0 Å². The third kappa shape index (κ3) is 11.9. The maximum Gasteiger partial charge on any atom is 0.277 e. The van der Waals surface area contributed by atoms with Gasteiger partial charge in [0.15, 0.2) is 6.61 Å². The molecule has 2 amide bonds. The average Bonchev–Trinajstić information content (AvgIpc) is 3.81. The van der Waals surface area contributed by atoms with E-state index in [4.69, 9.17) is 47.6 Å². The number of hydrogen-bond donors (Lipinski definition) is 4. The van der Waals surface area contributed by atoms with Crippen LogP contribution in [0.5, 0.6) is 17.6 Å². The van der Waals surface area contributed by atoms with E-state index in [1.807, 2.05) is 27.7 Å². The predicted molar refractivity (Wildman–Crippen MR) is 220 cm³/mol. The fourth-order valence-corrected chi connectivity index (χ4v) is 5.94. The number of halogens is 4. The van der Waals surface area contributed by atoms with Gasteiger partial charge in [0, 0.05) is 61.4 Å². The van der Waals surface area contributed by atoms with E-state index in [2.05, 4.69) is 25.8 Å². The predicted octanol–water partition coefficient (Wildman–Crippen LogP) is 5.09. The largest absolute Gasteiger partial charge is 0.476 e. The van der Waals surface area contributed by atoms with Gasteiger partial charge >= 0.3 is 0 Å². The first-order chi connectivity index (χ1) is 28.7. The van der Waals surface area contributed by atoms with Gasteiger partial charge in [-0.2, -0.15) is 0 Å². The molecule has 0 saturated carbocycles. The summed E-state index contributed by atoms with van der Waals surface area (Å²) in [6.07, 6.45) is 4.07. The number of nitrogens with one attached hydrogen (secondary N) is 2. The molecule has 0 unspecified atom stereocenters. The van der Waals surface area contributed by atoms with E-state index >= 15 is 0 Å². The van der Waals surface area contributed by atoms with Gasteiger partial charge in [-0.1, -0.05) is 23.2 Å². The Morgan fingerprint density at radius 1 is 0.750 bits per heavy atom. The molecule has 4 N–H and O–H groups in total. The Balaban J connectivity index is 0.000000228.